The summed E-state index contributed by atoms with van der Waals surface area (Å²) in [5.74, 6) is 0.932. The third-order valence-corrected chi connectivity index (χ3v) is 4.16. The van der Waals surface area contributed by atoms with Crippen LogP contribution in [0.5, 0.6) is 5.75 Å². The van der Waals surface area contributed by atoms with Crippen molar-refractivity contribution in [1.82, 2.24) is 4.90 Å². The molecule has 0 saturated carbocycles. The van der Waals surface area contributed by atoms with E-state index in [4.69, 9.17) is 4.74 Å². The summed E-state index contributed by atoms with van der Waals surface area (Å²) >= 11 is 3.37. The van der Waals surface area contributed by atoms with Crippen molar-refractivity contribution < 1.29 is 4.74 Å². The minimum atomic E-state index is 0.685. The van der Waals surface area contributed by atoms with E-state index in [1.807, 2.05) is 17.1 Å². The van der Waals surface area contributed by atoms with Crippen LogP contribution >= 0.6 is 15.9 Å². The fourth-order valence-electron chi connectivity index (χ4n) is 2.71. The number of benzene rings is 1. The Labute approximate surface area is 124 Å². The van der Waals surface area contributed by atoms with Gasteiger partial charge in [-0.05, 0) is 48.5 Å². The molecule has 2 rings (SSSR count). The highest BCUT2D eigenvalue weighted by Crippen LogP contribution is 2.23. The molecule has 0 bridgehead atoms. The summed E-state index contributed by atoms with van der Waals surface area (Å²) in [7, 11) is 1.71. The summed E-state index contributed by atoms with van der Waals surface area (Å²) in [6.45, 7) is 2.26. The second-order valence-electron chi connectivity index (χ2n) is 5.07. The van der Waals surface area contributed by atoms with Gasteiger partial charge < -0.3 is 4.74 Å². The topological polar surface area (TPSA) is 12.5 Å². The van der Waals surface area contributed by atoms with Gasteiger partial charge in [-0.2, -0.15) is 0 Å². The lowest BCUT2D eigenvalue weighted by Crippen LogP contribution is -2.38. The third kappa shape index (κ3) is 4.36. The van der Waals surface area contributed by atoms with Crippen LogP contribution in [-0.2, 0) is 6.54 Å². The van der Waals surface area contributed by atoms with Crippen LogP contribution in [-0.4, -0.2) is 24.6 Å². The molecule has 1 heterocycles. The van der Waals surface area contributed by atoms with E-state index in [2.05, 4.69) is 39.0 Å². The first-order valence-electron chi connectivity index (χ1n) is 6.95. The molecule has 104 valence electrons. The smallest absolute Gasteiger partial charge is 0.118 e. The van der Waals surface area contributed by atoms with E-state index in [9.17, 15) is 0 Å². The van der Waals surface area contributed by atoms with Gasteiger partial charge in [0.05, 0.1) is 7.11 Å². The molecule has 1 aromatic carbocycles. The van der Waals surface area contributed by atoms with Crippen LogP contribution in [0.1, 0.15) is 31.2 Å². The van der Waals surface area contributed by atoms with Crippen molar-refractivity contribution >= 4 is 15.9 Å². The number of likely N-dealkylation sites (tertiary alicyclic amines) is 1. The summed E-state index contributed by atoms with van der Waals surface area (Å²) in [4.78, 5) is 4.59. The average Bonchev–Trinajstić information content (AvgIpc) is 2.47. The Kier molecular flexibility index (Phi) is 5.93. The highest BCUT2D eigenvalue weighted by Gasteiger charge is 2.21. The summed E-state index contributed by atoms with van der Waals surface area (Å²) in [5, 5.41) is 0. The molecule has 1 aromatic rings. The maximum absolute atomic E-state index is 5.21. The summed E-state index contributed by atoms with van der Waals surface area (Å²) < 4.78 is 5.21. The van der Waals surface area contributed by atoms with Gasteiger partial charge in [0.25, 0.3) is 0 Å². The van der Waals surface area contributed by atoms with Gasteiger partial charge in [-0.1, -0.05) is 40.6 Å². The number of methoxy groups -OCH3 is 1. The van der Waals surface area contributed by atoms with Crippen LogP contribution in [0.25, 0.3) is 0 Å². The van der Waals surface area contributed by atoms with Crippen LogP contribution in [0, 0.1) is 0 Å². The fraction of sp³-hybridized carbons (Fsp3) is 0.500. The zero-order chi connectivity index (χ0) is 13.5. The highest BCUT2D eigenvalue weighted by molar-refractivity contribution is 9.11. The largest absolute Gasteiger partial charge is 0.497 e. The Hall–Kier alpha value is -0.800. The minimum absolute atomic E-state index is 0.685. The van der Waals surface area contributed by atoms with E-state index in [-0.39, 0.29) is 0 Å². The molecule has 1 atom stereocenters. The Morgan fingerprint density at radius 3 is 2.79 bits per heavy atom. The molecule has 0 radical (unpaired) electrons. The Morgan fingerprint density at radius 1 is 1.32 bits per heavy atom. The average molecular weight is 324 g/mol. The zero-order valence-electron chi connectivity index (χ0n) is 11.5. The molecule has 1 saturated heterocycles. The predicted octanol–water partition coefficient (Wildman–Crippen LogP) is 4.35. The molecule has 0 aliphatic carbocycles. The maximum atomic E-state index is 5.21. The van der Waals surface area contributed by atoms with Gasteiger partial charge in [-0.3, -0.25) is 4.90 Å². The number of piperidine rings is 1. The lowest BCUT2D eigenvalue weighted by atomic mass is 9.98. The van der Waals surface area contributed by atoms with Crippen molar-refractivity contribution in [1.29, 1.82) is 0 Å². The molecule has 1 unspecified atom stereocenters. The van der Waals surface area contributed by atoms with E-state index in [0.29, 0.717) is 6.04 Å². The molecule has 1 fully saturated rings. The lowest BCUT2D eigenvalue weighted by Gasteiger charge is -2.35. The normalized spacial score (nSPS) is 20.8. The number of ether oxygens (including phenoxy) is 1. The van der Waals surface area contributed by atoms with Gasteiger partial charge in [0.1, 0.15) is 5.75 Å². The van der Waals surface area contributed by atoms with Crippen LogP contribution in [0.3, 0.4) is 0 Å². The van der Waals surface area contributed by atoms with Crippen molar-refractivity contribution in [3.8, 4) is 5.75 Å². The van der Waals surface area contributed by atoms with Gasteiger partial charge in [0.2, 0.25) is 0 Å². The maximum Gasteiger partial charge on any atom is 0.118 e. The molecule has 19 heavy (non-hydrogen) atoms. The van der Waals surface area contributed by atoms with Crippen LogP contribution < -0.4 is 4.74 Å². The summed E-state index contributed by atoms with van der Waals surface area (Å²) in [5.41, 5.74) is 1.37. The van der Waals surface area contributed by atoms with Gasteiger partial charge in [-0.25, -0.2) is 0 Å². The van der Waals surface area contributed by atoms with Crippen LogP contribution in [0.15, 0.2) is 35.3 Å². The molecular weight excluding hydrogens is 302 g/mol. The highest BCUT2D eigenvalue weighted by atomic mass is 79.9. The van der Waals surface area contributed by atoms with E-state index in [1.54, 1.807) is 7.11 Å². The van der Waals surface area contributed by atoms with E-state index in [0.717, 1.165) is 18.7 Å². The number of nitrogens with zero attached hydrogens (tertiary/aromatic N) is 1. The zero-order valence-corrected chi connectivity index (χ0v) is 13.1. The molecule has 1 aliphatic rings. The monoisotopic (exact) mass is 323 g/mol. The minimum Gasteiger partial charge on any atom is -0.497 e. The van der Waals surface area contributed by atoms with Gasteiger partial charge in [0.15, 0.2) is 0 Å². The Balaban J connectivity index is 1.97. The summed E-state index contributed by atoms with van der Waals surface area (Å²) in [6.07, 6.45) is 7.36. The van der Waals surface area contributed by atoms with E-state index < -0.39 is 0 Å². The molecular formula is C16H22BrNO. The first kappa shape index (κ1) is 14.6. The van der Waals surface area contributed by atoms with E-state index >= 15 is 0 Å². The Bertz CT molecular complexity index is 402. The predicted molar refractivity (Wildman–Crippen MR) is 83.7 cm³/mol. The van der Waals surface area contributed by atoms with E-state index in [1.165, 1.54) is 31.4 Å². The van der Waals surface area contributed by atoms with Crippen LogP contribution in [0.4, 0.5) is 0 Å². The van der Waals surface area contributed by atoms with Gasteiger partial charge in [-0.15, -0.1) is 0 Å². The molecule has 0 aromatic heterocycles. The molecule has 0 N–H and O–H groups in total. The second-order valence-corrected chi connectivity index (χ2v) is 5.59. The third-order valence-electron chi connectivity index (χ3n) is 3.79. The second kappa shape index (κ2) is 7.71. The van der Waals surface area contributed by atoms with Crippen molar-refractivity contribution in [2.45, 2.75) is 38.3 Å². The first-order valence-corrected chi connectivity index (χ1v) is 7.87. The molecule has 2 nitrogen and oxygen atoms in total. The summed E-state index contributed by atoms with van der Waals surface area (Å²) in [6, 6.07) is 9.12. The quantitative estimate of drug-likeness (QED) is 0.798. The molecule has 0 amide bonds. The van der Waals surface area contributed by atoms with Gasteiger partial charge in [0, 0.05) is 12.6 Å². The SMILES string of the molecule is COc1ccc(CN2CCCCC2C/C=C\Br)cc1. The van der Waals surface area contributed by atoms with Crippen molar-refractivity contribution in [2.75, 3.05) is 13.7 Å². The molecule has 3 heteroatoms. The van der Waals surface area contributed by atoms with Crippen LogP contribution in [0.2, 0.25) is 0 Å². The lowest BCUT2D eigenvalue weighted by molar-refractivity contribution is 0.141. The standard InChI is InChI=1S/C16H22BrNO/c1-19-16-9-7-14(8-10-16)13-18-12-3-2-5-15(18)6-4-11-17/h4,7-11,15H,2-3,5-6,12-13H2,1H3/b11-4-. The first-order chi connectivity index (χ1) is 9.33. The molecule has 0 spiro atoms. The number of rotatable bonds is 5. The number of halogens is 1. The van der Waals surface area contributed by atoms with Crippen molar-refractivity contribution in [3.05, 3.63) is 40.9 Å². The van der Waals surface area contributed by atoms with Crippen molar-refractivity contribution in [3.63, 3.8) is 0 Å². The molecule has 1 aliphatic heterocycles. The number of hydrogen-bond donors (Lipinski definition) is 0. The Morgan fingerprint density at radius 2 is 2.11 bits per heavy atom. The number of hydrogen-bond acceptors (Lipinski definition) is 2. The fourth-order valence-corrected chi connectivity index (χ4v) is 2.92. The van der Waals surface area contributed by atoms with Gasteiger partial charge >= 0.3 is 0 Å². The van der Waals surface area contributed by atoms with Crippen molar-refractivity contribution in [2.24, 2.45) is 0 Å².